The van der Waals surface area contributed by atoms with E-state index in [1.54, 1.807) is 26.0 Å². The Morgan fingerprint density at radius 3 is 2.21 bits per heavy atom. The van der Waals surface area contributed by atoms with Crippen molar-refractivity contribution in [1.82, 2.24) is 14.9 Å². The Morgan fingerprint density at radius 1 is 0.860 bits per heavy atom. The van der Waals surface area contributed by atoms with Gasteiger partial charge >= 0.3 is 0 Å². The summed E-state index contributed by atoms with van der Waals surface area (Å²) in [5.41, 5.74) is 3.32. The Kier molecular flexibility index (Phi) is 10.9. The van der Waals surface area contributed by atoms with Crippen LogP contribution in [-0.4, -0.2) is 75.0 Å². The maximum absolute atomic E-state index is 13.8. The van der Waals surface area contributed by atoms with Crippen LogP contribution in [-0.2, 0) is 11.3 Å². The zero-order valence-electron chi connectivity index (χ0n) is 26.1. The molecule has 1 saturated heterocycles. The van der Waals surface area contributed by atoms with Gasteiger partial charge in [0, 0.05) is 55.3 Å². The molecule has 0 spiro atoms. The third-order valence-electron chi connectivity index (χ3n) is 8.86. The molecular weight excluding hydrogens is 558 g/mol. The molecule has 0 aromatic heterocycles. The lowest BCUT2D eigenvalue weighted by Gasteiger charge is -2.55. The van der Waals surface area contributed by atoms with E-state index in [1.165, 1.54) is 15.5 Å². The molecule has 43 heavy (non-hydrogen) atoms. The van der Waals surface area contributed by atoms with Crippen molar-refractivity contribution in [2.24, 2.45) is 0 Å². The van der Waals surface area contributed by atoms with Crippen LogP contribution >= 0.6 is 11.8 Å². The van der Waals surface area contributed by atoms with E-state index in [2.05, 4.69) is 53.1 Å². The average molecular weight is 605 g/mol. The summed E-state index contributed by atoms with van der Waals surface area (Å²) in [6, 6.07) is 22.3. The van der Waals surface area contributed by atoms with E-state index in [-0.39, 0.29) is 6.04 Å². The summed E-state index contributed by atoms with van der Waals surface area (Å²) in [6.07, 6.45) is 3.76. The second-order valence-corrected chi connectivity index (χ2v) is 12.8. The number of rotatable bonds is 13. The van der Waals surface area contributed by atoms with Crippen LogP contribution < -0.4 is 14.2 Å². The number of thioether (sulfide) groups is 1. The first-order chi connectivity index (χ1) is 21.0. The molecule has 3 aromatic rings. The minimum atomic E-state index is -0.706. The number of benzene rings is 3. The van der Waals surface area contributed by atoms with Crippen LogP contribution in [0.1, 0.15) is 55.8 Å². The number of hydrogen-bond acceptors (Lipinski definition) is 8. The molecule has 0 amide bonds. The van der Waals surface area contributed by atoms with Gasteiger partial charge in [-0.2, -0.15) is 0 Å². The first-order valence-electron chi connectivity index (χ1n) is 15.6. The van der Waals surface area contributed by atoms with Crippen LogP contribution in [0.4, 0.5) is 0 Å². The smallest absolute Gasteiger partial charge is 0.125 e. The fourth-order valence-corrected chi connectivity index (χ4v) is 7.78. The Labute approximate surface area is 261 Å². The predicted molar refractivity (Wildman–Crippen MR) is 175 cm³/mol. The molecule has 2 heterocycles. The van der Waals surface area contributed by atoms with Crippen LogP contribution in [0.2, 0.25) is 0 Å². The Morgan fingerprint density at radius 2 is 1.51 bits per heavy atom. The van der Waals surface area contributed by atoms with Crippen molar-refractivity contribution in [2.75, 3.05) is 60.1 Å². The average Bonchev–Trinajstić information content (AvgIpc) is 3.06. The minimum absolute atomic E-state index is 0.212. The molecule has 7 nitrogen and oxygen atoms in total. The number of fused-ring (bicyclic) bond motifs is 1. The lowest BCUT2D eigenvalue weighted by molar-refractivity contribution is 0.130. The summed E-state index contributed by atoms with van der Waals surface area (Å²) in [4.78, 5) is 5.59. The molecule has 2 atom stereocenters. The Bertz CT molecular complexity index is 1310. The topological polar surface area (TPSA) is 60.5 Å². The Balaban J connectivity index is 1.08. The van der Waals surface area contributed by atoms with Gasteiger partial charge in [0.1, 0.15) is 17.2 Å². The summed E-state index contributed by atoms with van der Waals surface area (Å²) < 4.78 is 17.2. The van der Waals surface area contributed by atoms with E-state index in [9.17, 15) is 5.21 Å². The van der Waals surface area contributed by atoms with Gasteiger partial charge in [-0.05, 0) is 74.5 Å². The van der Waals surface area contributed by atoms with Gasteiger partial charge < -0.3 is 34.3 Å². The molecule has 2 aliphatic rings. The third-order valence-corrected chi connectivity index (χ3v) is 10.5. The largest absolute Gasteiger partial charge is 0.784 e. The highest BCUT2D eigenvalue weighted by molar-refractivity contribution is 8.00. The van der Waals surface area contributed by atoms with Crippen molar-refractivity contribution in [3.05, 3.63) is 88.6 Å². The summed E-state index contributed by atoms with van der Waals surface area (Å²) in [6.45, 7) is 11.3. The maximum Gasteiger partial charge on any atom is 0.125 e. The van der Waals surface area contributed by atoms with Crippen LogP contribution in [0, 0.1) is 5.21 Å². The van der Waals surface area contributed by atoms with Gasteiger partial charge in [0.25, 0.3) is 0 Å². The van der Waals surface area contributed by atoms with Crippen molar-refractivity contribution in [1.29, 1.82) is 0 Å². The molecule has 0 N–H and O–H groups in total. The summed E-state index contributed by atoms with van der Waals surface area (Å²) in [5.74, 6) is 2.51. The van der Waals surface area contributed by atoms with E-state index in [1.807, 2.05) is 37.3 Å². The Hall–Kier alpha value is -2.75. The molecule has 232 valence electrons. The number of para-hydroxylation sites is 1. The second kappa shape index (κ2) is 14.8. The molecule has 0 aliphatic carbocycles. The van der Waals surface area contributed by atoms with Gasteiger partial charge in [-0.15, -0.1) is 0 Å². The van der Waals surface area contributed by atoms with E-state index in [4.69, 9.17) is 14.2 Å². The van der Waals surface area contributed by atoms with Crippen molar-refractivity contribution >= 4 is 11.8 Å². The van der Waals surface area contributed by atoms with Gasteiger partial charge in [0.2, 0.25) is 0 Å². The molecule has 0 radical (unpaired) electrons. The zero-order chi connectivity index (χ0) is 30.2. The van der Waals surface area contributed by atoms with Crippen molar-refractivity contribution < 1.29 is 14.2 Å². The summed E-state index contributed by atoms with van der Waals surface area (Å²) in [7, 11) is 3.39. The van der Waals surface area contributed by atoms with Crippen molar-refractivity contribution in [3.63, 3.8) is 0 Å². The molecule has 3 aromatic carbocycles. The third kappa shape index (κ3) is 7.32. The molecule has 2 unspecified atom stereocenters. The van der Waals surface area contributed by atoms with Crippen LogP contribution in [0.5, 0.6) is 17.2 Å². The van der Waals surface area contributed by atoms with E-state index < -0.39 is 4.87 Å². The van der Waals surface area contributed by atoms with Gasteiger partial charge in [-0.25, -0.2) is 0 Å². The van der Waals surface area contributed by atoms with E-state index >= 15 is 0 Å². The van der Waals surface area contributed by atoms with Gasteiger partial charge in [0.15, 0.2) is 0 Å². The number of ether oxygens (including phenoxy) is 3. The number of methoxy groups -OCH3 is 2. The quantitative estimate of drug-likeness (QED) is 0.194. The van der Waals surface area contributed by atoms with Gasteiger partial charge in [-0.1, -0.05) is 55.1 Å². The monoisotopic (exact) mass is 604 g/mol. The predicted octanol–water partition coefficient (Wildman–Crippen LogP) is 6.95. The number of hydroxylamine groups is 2. The lowest BCUT2D eigenvalue weighted by Crippen LogP contribution is -2.47. The first kappa shape index (κ1) is 31.7. The highest BCUT2D eigenvalue weighted by atomic mass is 32.2. The van der Waals surface area contributed by atoms with Crippen LogP contribution in [0.3, 0.4) is 0 Å². The van der Waals surface area contributed by atoms with E-state index in [0.29, 0.717) is 13.0 Å². The second-order valence-electron chi connectivity index (χ2n) is 11.5. The van der Waals surface area contributed by atoms with Crippen molar-refractivity contribution in [3.8, 4) is 17.2 Å². The number of unbranched alkanes of at least 4 members (excludes halogenated alkanes) is 1. The lowest BCUT2D eigenvalue weighted by atomic mass is 9.98. The normalized spacial score (nSPS) is 21.4. The number of hydrogen-bond donors (Lipinski definition) is 0. The number of piperazine rings is 1. The van der Waals surface area contributed by atoms with Crippen LogP contribution in [0.25, 0.3) is 0 Å². The molecule has 2 aliphatic heterocycles. The summed E-state index contributed by atoms with van der Waals surface area (Å²) in [5, 5.41) is 15.0. The highest BCUT2D eigenvalue weighted by Crippen LogP contribution is 2.56. The molecule has 5 rings (SSSR count). The SMILES string of the molecule is CCC1(c2ccccc2OCCCCN2CCN(CCc3cc(OC)cc(OC)c3)CC2)Sc2ccccc2C(C)N1[O-]. The highest BCUT2D eigenvalue weighted by Gasteiger charge is 2.42. The standard InChI is InChI=1S/C35H46N3O4S/c1-5-35(38(39)27(2)31-12-6-9-15-34(31)43-35)32-13-7-8-14-33(32)42-23-11-10-17-36-19-21-37(22-20-36)18-16-28-24-29(40-3)26-30(25-28)41-4/h6-9,12-15,24-27H,5,10-11,16-23H2,1-4H3/q-1. The first-order valence-corrected chi connectivity index (χ1v) is 16.4. The van der Waals surface area contributed by atoms with Crippen LogP contribution in [0.15, 0.2) is 71.6 Å². The molecule has 0 bridgehead atoms. The molecule has 8 heteroatoms. The van der Waals surface area contributed by atoms with Gasteiger partial charge in [-0.3, -0.25) is 0 Å². The molecule has 1 fully saturated rings. The fraction of sp³-hybridized carbons (Fsp3) is 0.486. The molecular formula is C35H46N3O4S-. The maximum atomic E-state index is 13.8. The fourth-order valence-electron chi connectivity index (χ4n) is 6.25. The minimum Gasteiger partial charge on any atom is -0.784 e. The zero-order valence-corrected chi connectivity index (χ0v) is 26.9. The molecule has 0 saturated carbocycles. The summed E-state index contributed by atoms with van der Waals surface area (Å²) >= 11 is 1.66. The van der Waals surface area contributed by atoms with Crippen molar-refractivity contribution in [2.45, 2.75) is 55.3 Å². The van der Waals surface area contributed by atoms with Gasteiger partial charge in [0.05, 0.1) is 25.7 Å². The number of nitrogens with zero attached hydrogens (tertiary/aromatic N) is 3. The van der Waals surface area contributed by atoms with E-state index in [0.717, 1.165) is 86.9 Å².